The molecule has 0 N–H and O–H groups in total. The maximum atomic E-state index is 12.1. The van der Waals surface area contributed by atoms with Crippen molar-refractivity contribution < 1.29 is 4.79 Å². The highest BCUT2D eigenvalue weighted by atomic mass is 16.1. The zero-order valence-corrected chi connectivity index (χ0v) is 12.0. The number of aryl methyl sites for hydroxylation is 2. The van der Waals surface area contributed by atoms with E-state index in [9.17, 15) is 4.79 Å². The van der Waals surface area contributed by atoms with Crippen molar-refractivity contribution in [1.82, 2.24) is 0 Å². The summed E-state index contributed by atoms with van der Waals surface area (Å²) >= 11 is 0. The van der Waals surface area contributed by atoms with Crippen LogP contribution < -0.4 is 0 Å². The van der Waals surface area contributed by atoms with Crippen molar-refractivity contribution >= 4 is 5.78 Å². The Balaban J connectivity index is 2.51. The topological polar surface area (TPSA) is 17.1 Å². The molecule has 0 saturated heterocycles. The van der Waals surface area contributed by atoms with Gasteiger partial charge < -0.3 is 0 Å². The number of Topliss-reactive ketones (excluding diaryl/α,β-unsaturated/α-hetero) is 1. The van der Waals surface area contributed by atoms with Crippen LogP contribution >= 0.6 is 0 Å². The molecule has 0 aliphatic heterocycles. The van der Waals surface area contributed by atoms with Crippen molar-refractivity contribution in [1.29, 1.82) is 0 Å². The van der Waals surface area contributed by atoms with Gasteiger partial charge in [-0.1, -0.05) is 55.8 Å². The Hall–Kier alpha value is -1.89. The minimum Gasteiger partial charge on any atom is -0.294 e. The van der Waals surface area contributed by atoms with E-state index in [1.165, 1.54) is 16.7 Å². The predicted molar refractivity (Wildman–Crippen MR) is 80.5 cm³/mol. The maximum Gasteiger partial charge on any atom is 0.165 e. The second kappa shape index (κ2) is 5.40. The second-order valence-electron chi connectivity index (χ2n) is 5.42. The van der Waals surface area contributed by atoms with E-state index in [1.54, 1.807) is 0 Å². The lowest BCUT2D eigenvalue weighted by molar-refractivity contribution is 0.0939. The van der Waals surface area contributed by atoms with E-state index in [0.29, 0.717) is 0 Å². The molecule has 0 fully saturated rings. The van der Waals surface area contributed by atoms with E-state index in [2.05, 4.69) is 38.1 Å². The molecule has 0 bridgehead atoms. The first-order valence-electron chi connectivity index (χ1n) is 6.71. The van der Waals surface area contributed by atoms with Crippen LogP contribution in [0.2, 0.25) is 0 Å². The Bertz CT molecular complexity index is 609. The zero-order chi connectivity index (χ0) is 14.0. The molecule has 0 aromatic heterocycles. The summed E-state index contributed by atoms with van der Waals surface area (Å²) in [7, 11) is 0. The minimum absolute atomic E-state index is 0.0352. The Labute approximate surface area is 115 Å². The number of hydrogen-bond donors (Lipinski definition) is 0. The number of carbonyl (C=O) groups is 1. The molecule has 1 nitrogen and oxygen atoms in total. The van der Waals surface area contributed by atoms with Crippen LogP contribution in [0, 0.1) is 19.8 Å². The first kappa shape index (κ1) is 13.5. The lowest BCUT2D eigenvalue weighted by atomic mass is 9.93. The maximum absolute atomic E-state index is 12.1. The molecule has 0 heterocycles. The van der Waals surface area contributed by atoms with Gasteiger partial charge in [0.1, 0.15) is 0 Å². The van der Waals surface area contributed by atoms with E-state index in [0.717, 1.165) is 11.1 Å². The van der Waals surface area contributed by atoms with Crippen LogP contribution in [0.5, 0.6) is 0 Å². The molecule has 2 rings (SSSR count). The van der Waals surface area contributed by atoms with E-state index in [1.807, 2.05) is 32.0 Å². The Morgan fingerprint density at radius 1 is 1.00 bits per heavy atom. The van der Waals surface area contributed by atoms with Gasteiger partial charge in [0.05, 0.1) is 0 Å². The molecule has 0 unspecified atom stereocenters. The SMILES string of the molecule is Cc1cccc(-c2cc(C(=O)C(C)C)ccc2C)c1. The van der Waals surface area contributed by atoms with Crippen molar-refractivity contribution in [3.05, 3.63) is 59.2 Å². The van der Waals surface area contributed by atoms with Crippen LogP contribution in [0.1, 0.15) is 35.3 Å². The molecule has 0 radical (unpaired) electrons. The van der Waals surface area contributed by atoms with E-state index < -0.39 is 0 Å². The van der Waals surface area contributed by atoms with Gasteiger partial charge in [0.25, 0.3) is 0 Å². The van der Waals surface area contributed by atoms with E-state index >= 15 is 0 Å². The fraction of sp³-hybridized carbons (Fsp3) is 0.278. The third-order valence-corrected chi connectivity index (χ3v) is 3.38. The fourth-order valence-corrected chi connectivity index (χ4v) is 2.23. The van der Waals surface area contributed by atoms with E-state index in [4.69, 9.17) is 0 Å². The summed E-state index contributed by atoms with van der Waals surface area (Å²) in [6.07, 6.45) is 0. The van der Waals surface area contributed by atoms with Crippen molar-refractivity contribution in [3.63, 3.8) is 0 Å². The molecule has 0 aliphatic rings. The van der Waals surface area contributed by atoms with Crippen molar-refractivity contribution in [2.45, 2.75) is 27.7 Å². The number of hydrogen-bond acceptors (Lipinski definition) is 1. The second-order valence-corrected chi connectivity index (χ2v) is 5.42. The summed E-state index contributed by atoms with van der Waals surface area (Å²) in [5, 5.41) is 0. The molecule has 0 atom stereocenters. The van der Waals surface area contributed by atoms with Crippen LogP contribution in [-0.4, -0.2) is 5.78 Å². The molecular formula is C18H20O. The molecule has 0 spiro atoms. The molecule has 98 valence electrons. The highest BCUT2D eigenvalue weighted by Crippen LogP contribution is 2.26. The minimum atomic E-state index is 0.0352. The summed E-state index contributed by atoms with van der Waals surface area (Å²) < 4.78 is 0. The molecule has 0 amide bonds. The molecule has 2 aromatic rings. The Morgan fingerprint density at radius 2 is 1.74 bits per heavy atom. The number of benzene rings is 2. The fourth-order valence-electron chi connectivity index (χ4n) is 2.23. The van der Waals surface area contributed by atoms with Gasteiger partial charge in [0, 0.05) is 11.5 Å². The lowest BCUT2D eigenvalue weighted by Crippen LogP contribution is -2.07. The summed E-state index contributed by atoms with van der Waals surface area (Å²) in [5.41, 5.74) is 5.56. The van der Waals surface area contributed by atoms with Gasteiger partial charge in [-0.2, -0.15) is 0 Å². The molecular weight excluding hydrogens is 232 g/mol. The van der Waals surface area contributed by atoms with Crippen LogP contribution in [0.25, 0.3) is 11.1 Å². The van der Waals surface area contributed by atoms with E-state index in [-0.39, 0.29) is 11.7 Å². The third-order valence-electron chi connectivity index (χ3n) is 3.38. The van der Waals surface area contributed by atoms with Gasteiger partial charge in [0.15, 0.2) is 5.78 Å². The highest BCUT2D eigenvalue weighted by Gasteiger charge is 2.12. The van der Waals surface area contributed by atoms with Crippen molar-refractivity contribution in [2.24, 2.45) is 5.92 Å². The van der Waals surface area contributed by atoms with Crippen molar-refractivity contribution in [2.75, 3.05) is 0 Å². The molecule has 0 aliphatic carbocycles. The van der Waals surface area contributed by atoms with Crippen LogP contribution in [0.15, 0.2) is 42.5 Å². The lowest BCUT2D eigenvalue weighted by Gasteiger charge is -2.11. The number of carbonyl (C=O) groups excluding carboxylic acids is 1. The first-order valence-corrected chi connectivity index (χ1v) is 6.71. The monoisotopic (exact) mass is 252 g/mol. The van der Waals surface area contributed by atoms with Gasteiger partial charge >= 0.3 is 0 Å². The number of rotatable bonds is 3. The largest absolute Gasteiger partial charge is 0.294 e. The number of ketones is 1. The average Bonchev–Trinajstić information content (AvgIpc) is 2.38. The Kier molecular flexibility index (Phi) is 3.84. The summed E-state index contributed by atoms with van der Waals surface area (Å²) in [6, 6.07) is 14.4. The molecule has 0 saturated carbocycles. The van der Waals surface area contributed by atoms with Gasteiger partial charge in [-0.3, -0.25) is 4.79 Å². The zero-order valence-electron chi connectivity index (χ0n) is 12.0. The Morgan fingerprint density at radius 3 is 2.37 bits per heavy atom. The normalized spacial score (nSPS) is 10.8. The first-order chi connectivity index (χ1) is 8.99. The average molecular weight is 252 g/mol. The summed E-state index contributed by atoms with van der Waals surface area (Å²) in [6.45, 7) is 8.05. The molecule has 19 heavy (non-hydrogen) atoms. The summed E-state index contributed by atoms with van der Waals surface area (Å²) in [4.78, 5) is 12.1. The third kappa shape index (κ3) is 2.93. The van der Waals surface area contributed by atoms with Crippen LogP contribution in [-0.2, 0) is 0 Å². The summed E-state index contributed by atoms with van der Waals surface area (Å²) in [5.74, 6) is 0.238. The van der Waals surface area contributed by atoms with Crippen LogP contribution in [0.3, 0.4) is 0 Å². The van der Waals surface area contributed by atoms with Crippen LogP contribution in [0.4, 0.5) is 0 Å². The van der Waals surface area contributed by atoms with Crippen molar-refractivity contribution in [3.8, 4) is 11.1 Å². The highest BCUT2D eigenvalue weighted by molar-refractivity contribution is 5.98. The van der Waals surface area contributed by atoms with Gasteiger partial charge in [-0.05, 0) is 36.6 Å². The molecule has 1 heteroatoms. The standard InChI is InChI=1S/C18H20O/c1-12(2)18(19)16-9-8-14(4)17(11-16)15-7-5-6-13(3)10-15/h5-12H,1-4H3. The quantitative estimate of drug-likeness (QED) is 0.716. The molecule has 2 aromatic carbocycles. The predicted octanol–water partition coefficient (Wildman–Crippen LogP) is 4.81. The van der Waals surface area contributed by atoms with Gasteiger partial charge in [-0.25, -0.2) is 0 Å². The smallest absolute Gasteiger partial charge is 0.165 e. The van der Waals surface area contributed by atoms with Gasteiger partial charge in [-0.15, -0.1) is 0 Å². The van der Waals surface area contributed by atoms with Gasteiger partial charge in [0.2, 0.25) is 0 Å².